The van der Waals surface area contributed by atoms with Gasteiger partial charge in [0.25, 0.3) is 0 Å². The summed E-state index contributed by atoms with van der Waals surface area (Å²) in [6, 6.07) is 0.647. The lowest BCUT2D eigenvalue weighted by Gasteiger charge is -2.41. The Morgan fingerprint density at radius 1 is 1.50 bits per heavy atom. The number of nitrogen functional groups attached to an aromatic ring is 1. The number of thiazole rings is 1. The van der Waals surface area contributed by atoms with E-state index >= 15 is 0 Å². The van der Waals surface area contributed by atoms with Gasteiger partial charge >= 0.3 is 0 Å². The molecule has 6 heteroatoms. The predicted molar refractivity (Wildman–Crippen MR) is 83.9 cm³/mol. The van der Waals surface area contributed by atoms with Gasteiger partial charge in [-0.1, -0.05) is 13.3 Å². The van der Waals surface area contributed by atoms with Crippen LogP contribution in [0.25, 0.3) is 0 Å². The van der Waals surface area contributed by atoms with Crippen molar-refractivity contribution in [3.63, 3.8) is 0 Å². The number of hydrogen-bond acceptors (Lipinski definition) is 6. The van der Waals surface area contributed by atoms with Crippen molar-refractivity contribution in [2.24, 2.45) is 0 Å². The van der Waals surface area contributed by atoms with E-state index in [1.807, 2.05) is 6.20 Å². The van der Waals surface area contributed by atoms with Crippen molar-refractivity contribution in [1.82, 2.24) is 14.8 Å². The molecule has 1 aliphatic heterocycles. The van der Waals surface area contributed by atoms with E-state index in [0.29, 0.717) is 11.2 Å². The number of rotatable bonds is 7. The highest BCUT2D eigenvalue weighted by Gasteiger charge is 2.26. The highest BCUT2D eigenvalue weighted by atomic mass is 32.1. The molecular formula is C14H26N4OS. The number of piperazine rings is 1. The van der Waals surface area contributed by atoms with Crippen molar-refractivity contribution >= 4 is 16.5 Å². The second-order valence-electron chi connectivity index (χ2n) is 5.37. The fourth-order valence-corrected chi connectivity index (χ4v) is 3.55. The van der Waals surface area contributed by atoms with Crippen molar-refractivity contribution in [3.05, 3.63) is 11.1 Å². The van der Waals surface area contributed by atoms with E-state index in [1.165, 1.54) is 17.7 Å². The summed E-state index contributed by atoms with van der Waals surface area (Å²) in [4.78, 5) is 10.5. The van der Waals surface area contributed by atoms with Crippen LogP contribution in [0.1, 0.15) is 24.6 Å². The molecule has 0 saturated carbocycles. The molecule has 2 heterocycles. The summed E-state index contributed by atoms with van der Waals surface area (Å²) in [6.07, 6.45) is 4.40. The molecule has 1 aliphatic rings. The molecule has 0 aliphatic carbocycles. The third-order valence-electron chi connectivity index (χ3n) is 3.84. The van der Waals surface area contributed by atoms with Gasteiger partial charge in [0.15, 0.2) is 5.13 Å². The zero-order chi connectivity index (χ0) is 14.4. The molecule has 1 aromatic rings. The van der Waals surface area contributed by atoms with Crippen molar-refractivity contribution < 1.29 is 4.74 Å². The fourth-order valence-electron chi connectivity index (χ4n) is 2.83. The normalized spacial score (nSPS) is 21.4. The lowest BCUT2D eigenvalue weighted by atomic mass is 10.1. The molecular weight excluding hydrogens is 272 g/mol. The maximum absolute atomic E-state index is 5.70. The highest BCUT2D eigenvalue weighted by Crippen LogP contribution is 2.20. The van der Waals surface area contributed by atoms with E-state index in [-0.39, 0.29) is 0 Å². The van der Waals surface area contributed by atoms with Crippen LogP contribution in [0.15, 0.2) is 6.20 Å². The average molecular weight is 298 g/mol. The monoisotopic (exact) mass is 298 g/mol. The van der Waals surface area contributed by atoms with Gasteiger partial charge in [0.1, 0.15) is 0 Å². The SMILES string of the molecule is CCCC1CN(Cc2cnc(N)s2)CCN1CCOC. The minimum atomic E-state index is 0.647. The van der Waals surface area contributed by atoms with Crippen LogP contribution in [0, 0.1) is 0 Å². The molecule has 0 amide bonds. The first-order valence-corrected chi connectivity index (χ1v) is 8.20. The Kier molecular flexibility index (Phi) is 6.22. The Bertz CT molecular complexity index is 398. The maximum atomic E-state index is 5.70. The highest BCUT2D eigenvalue weighted by molar-refractivity contribution is 7.15. The van der Waals surface area contributed by atoms with Crippen molar-refractivity contribution in [3.8, 4) is 0 Å². The van der Waals surface area contributed by atoms with Gasteiger partial charge in [-0.2, -0.15) is 0 Å². The van der Waals surface area contributed by atoms with Crippen molar-refractivity contribution in [2.45, 2.75) is 32.4 Å². The average Bonchev–Trinajstić information content (AvgIpc) is 2.84. The maximum Gasteiger partial charge on any atom is 0.180 e. The Hall–Kier alpha value is -0.690. The zero-order valence-electron chi connectivity index (χ0n) is 12.5. The van der Waals surface area contributed by atoms with Crippen LogP contribution in [0.3, 0.4) is 0 Å². The minimum Gasteiger partial charge on any atom is -0.383 e. The number of ether oxygens (including phenoxy) is 1. The molecule has 1 saturated heterocycles. The molecule has 5 nitrogen and oxygen atoms in total. The third kappa shape index (κ3) is 4.41. The summed E-state index contributed by atoms with van der Waals surface area (Å²) in [7, 11) is 1.78. The summed E-state index contributed by atoms with van der Waals surface area (Å²) in [6.45, 7) is 8.48. The fraction of sp³-hybridized carbons (Fsp3) is 0.786. The van der Waals surface area contributed by atoms with Crippen LogP contribution in [-0.4, -0.2) is 60.7 Å². The topological polar surface area (TPSA) is 54.6 Å². The largest absolute Gasteiger partial charge is 0.383 e. The third-order valence-corrected chi connectivity index (χ3v) is 4.66. The van der Waals surface area contributed by atoms with E-state index in [1.54, 1.807) is 18.4 Å². The standard InChI is InChI=1S/C14H26N4OS/c1-3-4-12-10-17(5-6-18(12)7-8-19-2)11-13-9-16-14(15)20-13/h9,12H,3-8,10-11H2,1-2H3,(H2,15,16). The van der Waals surface area contributed by atoms with E-state index < -0.39 is 0 Å². The molecule has 114 valence electrons. The smallest absolute Gasteiger partial charge is 0.180 e. The molecule has 1 aromatic heterocycles. The molecule has 2 rings (SSSR count). The summed E-state index contributed by atoms with van der Waals surface area (Å²) < 4.78 is 5.22. The lowest BCUT2D eigenvalue weighted by Crippen LogP contribution is -2.53. The molecule has 0 bridgehead atoms. The Morgan fingerprint density at radius 2 is 2.35 bits per heavy atom. The minimum absolute atomic E-state index is 0.647. The number of nitrogens with two attached hydrogens (primary N) is 1. The lowest BCUT2D eigenvalue weighted by molar-refractivity contribution is 0.0446. The van der Waals surface area contributed by atoms with Gasteiger partial charge < -0.3 is 10.5 Å². The Labute approximate surface area is 125 Å². The van der Waals surface area contributed by atoms with Crippen molar-refractivity contribution in [2.75, 3.05) is 45.6 Å². The van der Waals surface area contributed by atoms with E-state index in [4.69, 9.17) is 10.5 Å². The summed E-state index contributed by atoms with van der Waals surface area (Å²) in [5.41, 5.74) is 5.70. The van der Waals surface area contributed by atoms with Gasteiger partial charge in [-0.25, -0.2) is 4.98 Å². The number of methoxy groups -OCH3 is 1. The quantitative estimate of drug-likeness (QED) is 0.829. The van der Waals surface area contributed by atoms with Crippen LogP contribution in [0.5, 0.6) is 0 Å². The molecule has 1 fully saturated rings. The van der Waals surface area contributed by atoms with Crippen LogP contribution >= 0.6 is 11.3 Å². The number of hydrogen-bond donors (Lipinski definition) is 1. The van der Waals surface area contributed by atoms with E-state index in [9.17, 15) is 0 Å². The van der Waals surface area contributed by atoms with Gasteiger partial charge in [-0.05, 0) is 6.42 Å². The summed E-state index contributed by atoms with van der Waals surface area (Å²) >= 11 is 1.60. The first kappa shape index (κ1) is 15.7. The second kappa shape index (κ2) is 7.93. The van der Waals surface area contributed by atoms with Gasteiger partial charge in [-0.15, -0.1) is 11.3 Å². The van der Waals surface area contributed by atoms with E-state index in [2.05, 4.69) is 21.7 Å². The summed E-state index contributed by atoms with van der Waals surface area (Å²) in [5.74, 6) is 0. The van der Waals surface area contributed by atoms with Crippen LogP contribution in [0.4, 0.5) is 5.13 Å². The Morgan fingerprint density at radius 3 is 3.00 bits per heavy atom. The molecule has 20 heavy (non-hydrogen) atoms. The molecule has 0 aromatic carbocycles. The number of nitrogens with zero attached hydrogens (tertiary/aromatic N) is 3. The molecule has 1 atom stereocenters. The van der Waals surface area contributed by atoms with E-state index in [0.717, 1.165) is 39.3 Å². The zero-order valence-corrected chi connectivity index (χ0v) is 13.4. The molecule has 2 N–H and O–H groups in total. The van der Waals surface area contributed by atoms with Gasteiger partial charge in [0.2, 0.25) is 0 Å². The van der Waals surface area contributed by atoms with Crippen LogP contribution < -0.4 is 5.73 Å². The molecule has 1 unspecified atom stereocenters. The number of anilines is 1. The van der Waals surface area contributed by atoms with Crippen molar-refractivity contribution in [1.29, 1.82) is 0 Å². The van der Waals surface area contributed by atoms with Crippen LogP contribution in [0.2, 0.25) is 0 Å². The first-order valence-electron chi connectivity index (χ1n) is 7.38. The van der Waals surface area contributed by atoms with Gasteiger partial charge in [0.05, 0.1) is 6.61 Å². The summed E-state index contributed by atoms with van der Waals surface area (Å²) in [5, 5.41) is 0.670. The Balaban J connectivity index is 1.88. The van der Waals surface area contributed by atoms with Crippen LogP contribution in [-0.2, 0) is 11.3 Å². The van der Waals surface area contributed by atoms with Gasteiger partial charge in [-0.3, -0.25) is 9.80 Å². The number of aromatic nitrogens is 1. The first-order chi connectivity index (χ1) is 9.72. The molecule has 0 spiro atoms. The molecule has 0 radical (unpaired) electrons. The second-order valence-corrected chi connectivity index (χ2v) is 6.52. The van der Waals surface area contributed by atoms with Gasteiger partial charge in [0, 0.05) is 56.9 Å². The predicted octanol–water partition coefficient (Wildman–Crippen LogP) is 1.66.